The minimum Gasteiger partial charge on any atom is -0.380 e. The highest BCUT2D eigenvalue weighted by atomic mass is 19.1. The van der Waals surface area contributed by atoms with Crippen molar-refractivity contribution in [1.29, 1.82) is 0 Å². The van der Waals surface area contributed by atoms with Gasteiger partial charge in [0.2, 0.25) is 0 Å². The standard InChI is InChI=1S/C19H31FN4O2/c1-3-21-19(22-9-12-25-4-2)23-15-18(24-10-13-26-14-11-24)16-5-7-17(20)8-6-16/h5-8,18H,3-4,9-15H2,1-2H3,(H2,21,22,23). The Morgan fingerprint density at radius 2 is 1.96 bits per heavy atom. The maximum absolute atomic E-state index is 13.3. The fraction of sp³-hybridized carbons (Fsp3) is 0.632. The Kier molecular flexibility index (Phi) is 9.38. The number of halogens is 1. The fourth-order valence-electron chi connectivity index (χ4n) is 2.91. The predicted molar refractivity (Wildman–Crippen MR) is 102 cm³/mol. The molecule has 1 unspecified atom stereocenters. The molecule has 1 aliphatic rings. The molecule has 0 saturated carbocycles. The van der Waals surface area contributed by atoms with E-state index < -0.39 is 0 Å². The average molecular weight is 366 g/mol. The van der Waals surface area contributed by atoms with Crippen LogP contribution in [0.2, 0.25) is 0 Å². The van der Waals surface area contributed by atoms with Gasteiger partial charge in [-0.05, 0) is 31.5 Å². The summed E-state index contributed by atoms with van der Waals surface area (Å²) in [7, 11) is 0. The van der Waals surface area contributed by atoms with Crippen molar-refractivity contribution in [1.82, 2.24) is 15.5 Å². The third-order valence-corrected chi connectivity index (χ3v) is 4.25. The Hall–Kier alpha value is -1.70. The second-order valence-electron chi connectivity index (χ2n) is 6.06. The van der Waals surface area contributed by atoms with Gasteiger partial charge < -0.3 is 20.1 Å². The van der Waals surface area contributed by atoms with Crippen molar-refractivity contribution in [2.45, 2.75) is 19.9 Å². The molecule has 2 N–H and O–H groups in total. The lowest BCUT2D eigenvalue weighted by Crippen LogP contribution is -2.42. The maximum Gasteiger partial charge on any atom is 0.191 e. The van der Waals surface area contributed by atoms with Crippen LogP contribution >= 0.6 is 0 Å². The second-order valence-corrected chi connectivity index (χ2v) is 6.06. The van der Waals surface area contributed by atoms with Gasteiger partial charge in [0.05, 0.1) is 32.4 Å². The third-order valence-electron chi connectivity index (χ3n) is 4.25. The minimum absolute atomic E-state index is 0.0989. The molecule has 2 rings (SSSR count). The SMILES string of the molecule is CCNC(=NCC(c1ccc(F)cc1)N1CCOCC1)NCCOCC. The quantitative estimate of drug-likeness (QED) is 0.396. The van der Waals surface area contributed by atoms with Crippen molar-refractivity contribution in [2.75, 3.05) is 59.2 Å². The molecule has 0 spiro atoms. The van der Waals surface area contributed by atoms with E-state index in [1.165, 1.54) is 12.1 Å². The van der Waals surface area contributed by atoms with E-state index in [1.807, 2.05) is 26.0 Å². The van der Waals surface area contributed by atoms with E-state index >= 15 is 0 Å². The first kappa shape index (κ1) is 20.6. The highest BCUT2D eigenvalue weighted by molar-refractivity contribution is 5.79. The molecule has 1 heterocycles. The number of guanidine groups is 1. The first-order chi connectivity index (χ1) is 12.7. The molecular formula is C19H31FN4O2. The van der Waals surface area contributed by atoms with Crippen molar-refractivity contribution in [3.63, 3.8) is 0 Å². The summed E-state index contributed by atoms with van der Waals surface area (Å²) in [6, 6.07) is 6.82. The molecule has 0 aliphatic carbocycles. The van der Waals surface area contributed by atoms with E-state index in [0.29, 0.717) is 39.5 Å². The Bertz CT molecular complexity index is 533. The molecule has 1 aliphatic heterocycles. The van der Waals surface area contributed by atoms with Gasteiger partial charge in [-0.2, -0.15) is 0 Å². The normalized spacial score (nSPS) is 17.1. The number of hydrogen-bond acceptors (Lipinski definition) is 4. The molecule has 1 aromatic carbocycles. The molecule has 1 saturated heterocycles. The fourth-order valence-corrected chi connectivity index (χ4v) is 2.91. The highest BCUT2D eigenvalue weighted by Gasteiger charge is 2.22. The van der Waals surface area contributed by atoms with Gasteiger partial charge in [-0.25, -0.2) is 4.39 Å². The van der Waals surface area contributed by atoms with Gasteiger partial charge in [-0.1, -0.05) is 12.1 Å². The molecule has 1 aromatic rings. The van der Waals surface area contributed by atoms with Crippen LogP contribution in [0, 0.1) is 5.82 Å². The molecule has 146 valence electrons. The van der Waals surface area contributed by atoms with E-state index in [0.717, 1.165) is 31.2 Å². The van der Waals surface area contributed by atoms with Gasteiger partial charge >= 0.3 is 0 Å². The Balaban J connectivity index is 2.06. The summed E-state index contributed by atoms with van der Waals surface area (Å²) in [6.45, 7) is 10.6. The van der Waals surface area contributed by atoms with E-state index in [1.54, 1.807) is 0 Å². The molecule has 26 heavy (non-hydrogen) atoms. The first-order valence-electron chi connectivity index (χ1n) is 9.41. The van der Waals surface area contributed by atoms with Crippen molar-refractivity contribution in [3.8, 4) is 0 Å². The van der Waals surface area contributed by atoms with Crippen LogP contribution in [-0.2, 0) is 9.47 Å². The molecular weight excluding hydrogens is 335 g/mol. The molecule has 1 atom stereocenters. The lowest BCUT2D eigenvalue weighted by molar-refractivity contribution is 0.0179. The van der Waals surface area contributed by atoms with Crippen LogP contribution in [0.5, 0.6) is 0 Å². The third kappa shape index (κ3) is 6.90. The van der Waals surface area contributed by atoms with Crippen molar-refractivity contribution in [2.24, 2.45) is 4.99 Å². The Morgan fingerprint density at radius 3 is 2.62 bits per heavy atom. The second kappa shape index (κ2) is 11.8. The van der Waals surface area contributed by atoms with Crippen molar-refractivity contribution >= 4 is 5.96 Å². The highest BCUT2D eigenvalue weighted by Crippen LogP contribution is 2.22. The molecule has 1 fully saturated rings. The predicted octanol–water partition coefficient (Wildman–Crippen LogP) is 1.79. The largest absolute Gasteiger partial charge is 0.380 e. The van der Waals surface area contributed by atoms with Crippen LogP contribution in [0.4, 0.5) is 4.39 Å². The van der Waals surface area contributed by atoms with Gasteiger partial charge in [0.1, 0.15) is 5.82 Å². The number of ether oxygens (including phenoxy) is 2. The zero-order chi connectivity index (χ0) is 18.6. The Labute approximate surface area is 155 Å². The number of nitrogens with zero attached hydrogens (tertiary/aromatic N) is 2. The van der Waals surface area contributed by atoms with Crippen LogP contribution in [-0.4, -0.2) is 70.0 Å². The van der Waals surface area contributed by atoms with Crippen LogP contribution < -0.4 is 10.6 Å². The lowest BCUT2D eigenvalue weighted by atomic mass is 10.0. The van der Waals surface area contributed by atoms with E-state index in [-0.39, 0.29) is 11.9 Å². The molecule has 7 heteroatoms. The number of morpholine rings is 1. The van der Waals surface area contributed by atoms with E-state index in [9.17, 15) is 4.39 Å². The van der Waals surface area contributed by atoms with Crippen LogP contribution in [0.3, 0.4) is 0 Å². The van der Waals surface area contributed by atoms with Crippen molar-refractivity contribution in [3.05, 3.63) is 35.6 Å². The summed E-state index contributed by atoms with van der Waals surface area (Å²) in [5.41, 5.74) is 1.07. The number of benzene rings is 1. The van der Waals surface area contributed by atoms with Crippen LogP contribution in [0.25, 0.3) is 0 Å². The summed E-state index contributed by atoms with van der Waals surface area (Å²) in [6.07, 6.45) is 0. The number of aliphatic imine (C=N–C) groups is 1. The maximum atomic E-state index is 13.3. The topological polar surface area (TPSA) is 58.1 Å². The zero-order valence-corrected chi connectivity index (χ0v) is 15.8. The van der Waals surface area contributed by atoms with Crippen molar-refractivity contribution < 1.29 is 13.9 Å². The number of nitrogens with one attached hydrogen (secondary N) is 2. The summed E-state index contributed by atoms with van der Waals surface area (Å²) in [5.74, 6) is 0.552. The lowest BCUT2D eigenvalue weighted by Gasteiger charge is -2.34. The van der Waals surface area contributed by atoms with E-state index in [4.69, 9.17) is 14.5 Å². The zero-order valence-electron chi connectivity index (χ0n) is 15.8. The molecule has 0 aromatic heterocycles. The monoisotopic (exact) mass is 366 g/mol. The summed E-state index contributed by atoms with van der Waals surface area (Å²) < 4.78 is 24.1. The average Bonchev–Trinajstić information content (AvgIpc) is 2.67. The minimum atomic E-state index is -0.219. The smallest absolute Gasteiger partial charge is 0.191 e. The van der Waals surface area contributed by atoms with Gasteiger partial charge in [-0.15, -0.1) is 0 Å². The van der Waals surface area contributed by atoms with Crippen LogP contribution in [0.15, 0.2) is 29.3 Å². The van der Waals surface area contributed by atoms with Gasteiger partial charge in [0, 0.05) is 32.8 Å². The number of hydrogen-bond donors (Lipinski definition) is 2. The van der Waals surface area contributed by atoms with Gasteiger partial charge in [-0.3, -0.25) is 9.89 Å². The molecule has 6 nitrogen and oxygen atoms in total. The first-order valence-corrected chi connectivity index (χ1v) is 9.41. The summed E-state index contributed by atoms with van der Waals surface area (Å²) >= 11 is 0. The van der Waals surface area contributed by atoms with Gasteiger partial charge in [0.15, 0.2) is 5.96 Å². The molecule has 0 radical (unpaired) electrons. The van der Waals surface area contributed by atoms with Crippen LogP contribution in [0.1, 0.15) is 25.5 Å². The summed E-state index contributed by atoms with van der Waals surface area (Å²) in [5, 5.41) is 6.54. The van der Waals surface area contributed by atoms with Gasteiger partial charge in [0.25, 0.3) is 0 Å². The number of rotatable bonds is 9. The Morgan fingerprint density at radius 1 is 1.23 bits per heavy atom. The summed E-state index contributed by atoms with van der Waals surface area (Å²) in [4.78, 5) is 7.10. The molecule has 0 amide bonds. The van der Waals surface area contributed by atoms with E-state index in [2.05, 4.69) is 15.5 Å². The molecule has 0 bridgehead atoms.